The summed E-state index contributed by atoms with van der Waals surface area (Å²) in [6.45, 7) is 0. The van der Waals surface area contributed by atoms with Crippen molar-refractivity contribution in [2.75, 3.05) is 5.32 Å². The van der Waals surface area contributed by atoms with E-state index in [0.717, 1.165) is 25.5 Å². The Morgan fingerprint density at radius 2 is 2.05 bits per heavy atom. The highest BCUT2D eigenvalue weighted by Gasteiger charge is 2.41. The van der Waals surface area contributed by atoms with Crippen molar-refractivity contribution < 1.29 is 19.1 Å². The number of hydrogen-bond donors (Lipinski definition) is 2. The Morgan fingerprint density at radius 3 is 2.65 bits per heavy atom. The Labute approximate surface area is 116 Å². The van der Waals surface area contributed by atoms with Gasteiger partial charge < -0.3 is 10.4 Å². The van der Waals surface area contributed by atoms with E-state index in [4.69, 9.17) is 0 Å². The van der Waals surface area contributed by atoms with Crippen LogP contribution in [0.2, 0.25) is 0 Å². The molecule has 20 heavy (non-hydrogen) atoms. The highest BCUT2D eigenvalue weighted by Crippen LogP contribution is 2.39. The Kier molecular flexibility index (Phi) is 4.32. The number of aliphatic carboxylic acids is 1. The lowest BCUT2D eigenvalue weighted by molar-refractivity contribution is -0.153. The van der Waals surface area contributed by atoms with Crippen LogP contribution in [-0.4, -0.2) is 22.0 Å². The van der Waals surface area contributed by atoms with E-state index < -0.39 is 23.1 Å². The summed E-state index contributed by atoms with van der Waals surface area (Å²) in [4.78, 5) is 27.0. The largest absolute Gasteiger partial charge is 0.481 e. The molecule has 108 valence electrons. The van der Waals surface area contributed by atoms with Gasteiger partial charge >= 0.3 is 5.97 Å². The fourth-order valence-corrected chi connectivity index (χ4v) is 2.67. The van der Waals surface area contributed by atoms with Crippen molar-refractivity contribution in [3.8, 4) is 0 Å². The third-order valence-corrected chi connectivity index (χ3v) is 3.81. The predicted molar refractivity (Wildman–Crippen MR) is 70.6 cm³/mol. The van der Waals surface area contributed by atoms with Crippen molar-refractivity contribution in [1.29, 1.82) is 0 Å². The highest BCUT2D eigenvalue weighted by molar-refractivity contribution is 5.94. The fourth-order valence-electron chi connectivity index (χ4n) is 2.67. The van der Waals surface area contributed by atoms with E-state index in [2.05, 4.69) is 10.3 Å². The third kappa shape index (κ3) is 3.12. The van der Waals surface area contributed by atoms with Crippen LogP contribution in [-0.2, 0) is 9.59 Å². The number of carboxylic acids is 1. The van der Waals surface area contributed by atoms with Crippen molar-refractivity contribution in [3.63, 3.8) is 0 Å². The first-order chi connectivity index (χ1) is 9.53. The van der Waals surface area contributed by atoms with Crippen LogP contribution in [0.5, 0.6) is 0 Å². The number of hydrogen-bond acceptors (Lipinski definition) is 3. The monoisotopic (exact) mass is 280 g/mol. The predicted octanol–water partition coefficient (Wildman–Crippen LogP) is 2.58. The van der Waals surface area contributed by atoms with Crippen LogP contribution in [0.25, 0.3) is 0 Å². The quantitative estimate of drug-likeness (QED) is 0.888. The molecule has 2 N–H and O–H groups in total. The Balaban J connectivity index is 2.06. The number of nitrogens with zero attached hydrogens (tertiary/aromatic N) is 1. The zero-order chi connectivity index (χ0) is 14.6. The molecule has 6 heteroatoms. The van der Waals surface area contributed by atoms with E-state index in [-0.39, 0.29) is 12.1 Å². The molecular formula is C14H17FN2O3. The number of amides is 1. The van der Waals surface area contributed by atoms with Gasteiger partial charge in [0.25, 0.3) is 0 Å². The molecule has 0 atom stereocenters. The Hall–Kier alpha value is -1.98. The first-order valence-corrected chi connectivity index (χ1v) is 6.66. The van der Waals surface area contributed by atoms with Crippen LogP contribution in [0.15, 0.2) is 18.5 Å². The summed E-state index contributed by atoms with van der Waals surface area (Å²) in [5.41, 5.74) is -0.979. The smallest absolute Gasteiger partial charge is 0.310 e. The van der Waals surface area contributed by atoms with Gasteiger partial charge in [0, 0.05) is 12.6 Å². The highest BCUT2D eigenvalue weighted by atomic mass is 19.1. The molecule has 0 radical (unpaired) electrons. The zero-order valence-corrected chi connectivity index (χ0v) is 11.1. The maximum atomic E-state index is 13.4. The van der Waals surface area contributed by atoms with Crippen molar-refractivity contribution in [2.45, 2.75) is 38.5 Å². The number of pyridine rings is 1. The molecule has 0 aliphatic heterocycles. The number of carboxylic acid groups (broad SMARTS) is 1. The number of rotatable bonds is 4. The lowest BCUT2D eigenvalue weighted by Crippen LogP contribution is -2.37. The average Bonchev–Trinajstić information content (AvgIpc) is 2.42. The van der Waals surface area contributed by atoms with Crippen LogP contribution in [0.1, 0.15) is 38.5 Å². The zero-order valence-electron chi connectivity index (χ0n) is 11.1. The molecule has 1 saturated carbocycles. The molecule has 5 nitrogen and oxygen atoms in total. The van der Waals surface area contributed by atoms with Gasteiger partial charge in [0.1, 0.15) is 0 Å². The summed E-state index contributed by atoms with van der Waals surface area (Å²) >= 11 is 0. The standard InChI is InChI=1S/C14H17FN2O3/c15-10-9-16-7-4-11(10)17-12(18)8-14(13(19)20)5-2-1-3-6-14/h4,7,9H,1-3,5-6,8H2,(H,19,20)(H,16,17,18). The number of nitrogens with one attached hydrogen (secondary N) is 1. The first-order valence-electron chi connectivity index (χ1n) is 6.66. The van der Waals surface area contributed by atoms with E-state index >= 15 is 0 Å². The summed E-state index contributed by atoms with van der Waals surface area (Å²) in [6.07, 6.45) is 5.85. The first kappa shape index (κ1) is 14.4. The van der Waals surface area contributed by atoms with Crippen LogP contribution in [0, 0.1) is 11.2 Å². The fraction of sp³-hybridized carbons (Fsp3) is 0.500. The SMILES string of the molecule is O=C(CC1(C(=O)O)CCCCC1)Nc1ccncc1F. The molecular weight excluding hydrogens is 263 g/mol. The van der Waals surface area contributed by atoms with Gasteiger partial charge in [-0.15, -0.1) is 0 Å². The van der Waals surface area contributed by atoms with Crippen LogP contribution < -0.4 is 5.32 Å². The second kappa shape index (κ2) is 5.98. The van der Waals surface area contributed by atoms with Crippen LogP contribution in [0.4, 0.5) is 10.1 Å². The minimum absolute atomic E-state index is 0.0290. The van der Waals surface area contributed by atoms with Gasteiger partial charge in [-0.05, 0) is 18.9 Å². The maximum Gasteiger partial charge on any atom is 0.310 e. The van der Waals surface area contributed by atoms with Gasteiger partial charge in [-0.2, -0.15) is 0 Å². The lowest BCUT2D eigenvalue weighted by atomic mass is 9.71. The van der Waals surface area contributed by atoms with Gasteiger partial charge in [0.2, 0.25) is 5.91 Å². The number of anilines is 1. The molecule has 0 aromatic carbocycles. The molecule has 2 rings (SSSR count). The van der Waals surface area contributed by atoms with Crippen LogP contribution >= 0.6 is 0 Å². The van der Waals surface area contributed by atoms with Crippen molar-refractivity contribution in [2.24, 2.45) is 5.41 Å². The Morgan fingerprint density at radius 1 is 1.35 bits per heavy atom. The number of carbonyl (C=O) groups is 2. The van der Waals surface area contributed by atoms with Crippen LogP contribution in [0.3, 0.4) is 0 Å². The van der Waals surface area contributed by atoms with Gasteiger partial charge in [0.15, 0.2) is 5.82 Å². The average molecular weight is 280 g/mol. The van der Waals surface area contributed by atoms with E-state index in [1.54, 1.807) is 0 Å². The molecule has 1 amide bonds. The number of halogens is 1. The topological polar surface area (TPSA) is 79.3 Å². The summed E-state index contributed by atoms with van der Waals surface area (Å²) in [5, 5.41) is 11.8. The summed E-state index contributed by atoms with van der Waals surface area (Å²) in [7, 11) is 0. The molecule has 0 unspecified atom stereocenters. The van der Waals surface area contributed by atoms with Gasteiger partial charge in [0.05, 0.1) is 17.3 Å². The van der Waals surface area contributed by atoms with E-state index in [1.807, 2.05) is 0 Å². The Bertz CT molecular complexity index is 513. The summed E-state index contributed by atoms with van der Waals surface area (Å²) < 4.78 is 13.4. The molecule has 1 aromatic rings. The van der Waals surface area contributed by atoms with Crippen molar-refractivity contribution >= 4 is 17.6 Å². The molecule has 0 saturated heterocycles. The van der Waals surface area contributed by atoms with E-state index in [1.165, 1.54) is 12.3 Å². The molecule has 1 aromatic heterocycles. The van der Waals surface area contributed by atoms with Crippen molar-refractivity contribution in [1.82, 2.24) is 4.98 Å². The van der Waals surface area contributed by atoms with E-state index in [0.29, 0.717) is 12.8 Å². The third-order valence-electron chi connectivity index (χ3n) is 3.81. The molecule has 0 spiro atoms. The van der Waals surface area contributed by atoms with Gasteiger partial charge in [-0.1, -0.05) is 19.3 Å². The summed E-state index contributed by atoms with van der Waals surface area (Å²) in [6, 6.07) is 1.35. The molecule has 1 aliphatic carbocycles. The molecule has 1 fully saturated rings. The van der Waals surface area contributed by atoms with Gasteiger partial charge in [-0.3, -0.25) is 14.6 Å². The minimum Gasteiger partial charge on any atom is -0.481 e. The normalized spacial score (nSPS) is 17.4. The second-order valence-corrected chi connectivity index (χ2v) is 5.23. The maximum absolute atomic E-state index is 13.4. The molecule has 1 heterocycles. The molecule has 0 bridgehead atoms. The number of carbonyl (C=O) groups excluding carboxylic acids is 1. The second-order valence-electron chi connectivity index (χ2n) is 5.23. The molecule has 1 aliphatic rings. The van der Waals surface area contributed by atoms with E-state index in [9.17, 15) is 19.1 Å². The lowest BCUT2D eigenvalue weighted by Gasteiger charge is -2.32. The summed E-state index contributed by atoms with van der Waals surface area (Å²) in [5.74, 6) is -2.05. The minimum atomic E-state index is -1.01. The van der Waals surface area contributed by atoms with Crippen molar-refractivity contribution in [3.05, 3.63) is 24.3 Å². The van der Waals surface area contributed by atoms with Gasteiger partial charge in [-0.25, -0.2) is 4.39 Å². The number of aromatic nitrogens is 1.